The van der Waals surface area contributed by atoms with Crippen molar-refractivity contribution in [2.75, 3.05) is 32.5 Å². The highest BCUT2D eigenvalue weighted by Crippen LogP contribution is 2.31. The molecule has 2 nitrogen and oxygen atoms in total. The Labute approximate surface area is 108 Å². The summed E-state index contributed by atoms with van der Waals surface area (Å²) in [6.07, 6.45) is 0. The number of benzene rings is 1. The van der Waals surface area contributed by atoms with Crippen LogP contribution >= 0.6 is 31.9 Å². The first-order chi connectivity index (χ1) is 7.00. The first kappa shape index (κ1) is 13.0. The number of likely N-dealkylation sites (N-methyl/N-ethyl adjacent to an activating group) is 1. The number of anilines is 1. The van der Waals surface area contributed by atoms with Crippen molar-refractivity contribution < 1.29 is 0 Å². The maximum atomic E-state index is 3.56. The maximum absolute atomic E-state index is 3.56. The fraction of sp³-hybridized carbons (Fsp3) is 0.455. The van der Waals surface area contributed by atoms with E-state index in [1.807, 2.05) is 0 Å². The van der Waals surface area contributed by atoms with Crippen LogP contribution in [0.4, 0.5) is 5.69 Å². The van der Waals surface area contributed by atoms with Crippen molar-refractivity contribution in [2.24, 2.45) is 0 Å². The predicted octanol–water partition coefficient (Wildman–Crippen LogP) is 3.49. The van der Waals surface area contributed by atoms with E-state index >= 15 is 0 Å². The molecular weight excluding hydrogens is 320 g/mol. The van der Waals surface area contributed by atoms with Gasteiger partial charge in [-0.3, -0.25) is 0 Å². The molecule has 0 aliphatic heterocycles. The lowest BCUT2D eigenvalue weighted by atomic mass is 10.2. The zero-order valence-corrected chi connectivity index (χ0v) is 12.4. The molecule has 4 heteroatoms. The molecule has 1 rings (SSSR count). The van der Waals surface area contributed by atoms with Crippen molar-refractivity contribution in [1.29, 1.82) is 0 Å². The van der Waals surface area contributed by atoms with Crippen LogP contribution in [-0.4, -0.2) is 32.1 Å². The average Bonchev–Trinajstić information content (AvgIpc) is 2.08. The second kappa shape index (κ2) is 5.87. The Morgan fingerprint density at radius 1 is 1.20 bits per heavy atom. The van der Waals surface area contributed by atoms with Gasteiger partial charge < -0.3 is 10.2 Å². The van der Waals surface area contributed by atoms with Crippen LogP contribution in [-0.2, 0) is 0 Å². The fourth-order valence-corrected chi connectivity index (χ4v) is 2.97. The molecule has 0 aliphatic carbocycles. The summed E-state index contributed by atoms with van der Waals surface area (Å²) in [4.78, 5) is 2.16. The molecule has 84 valence electrons. The molecule has 0 atom stereocenters. The number of hydrogen-bond acceptors (Lipinski definition) is 2. The number of hydrogen-bond donors (Lipinski definition) is 1. The van der Waals surface area contributed by atoms with E-state index in [0.717, 1.165) is 27.7 Å². The van der Waals surface area contributed by atoms with Crippen molar-refractivity contribution in [3.8, 4) is 0 Å². The van der Waals surface area contributed by atoms with E-state index in [0.29, 0.717) is 0 Å². The van der Waals surface area contributed by atoms with Crippen LogP contribution in [0.15, 0.2) is 21.1 Å². The molecule has 0 amide bonds. The Morgan fingerprint density at radius 2 is 1.73 bits per heavy atom. The molecular formula is C11H16Br2N2. The molecule has 0 heterocycles. The van der Waals surface area contributed by atoms with Gasteiger partial charge in [-0.15, -0.1) is 0 Å². The molecule has 0 radical (unpaired) electrons. The highest BCUT2D eigenvalue weighted by Gasteiger charge is 2.05. The Bertz CT molecular complexity index is 314. The zero-order chi connectivity index (χ0) is 11.4. The first-order valence-electron chi connectivity index (χ1n) is 4.85. The van der Waals surface area contributed by atoms with Crippen molar-refractivity contribution in [3.05, 3.63) is 26.6 Å². The molecule has 0 saturated carbocycles. The molecule has 0 unspecified atom stereocenters. The minimum Gasteiger partial charge on any atom is -0.382 e. The third kappa shape index (κ3) is 4.13. The Morgan fingerprint density at radius 3 is 2.20 bits per heavy atom. The number of nitrogens with zero attached hydrogens (tertiary/aromatic N) is 1. The lowest BCUT2D eigenvalue weighted by Gasteiger charge is -2.14. The monoisotopic (exact) mass is 334 g/mol. The molecule has 0 saturated heterocycles. The van der Waals surface area contributed by atoms with Crippen LogP contribution in [0.3, 0.4) is 0 Å². The van der Waals surface area contributed by atoms with Crippen LogP contribution in [0.2, 0.25) is 0 Å². The lowest BCUT2D eigenvalue weighted by molar-refractivity contribution is 0.425. The van der Waals surface area contributed by atoms with Crippen LogP contribution in [0.5, 0.6) is 0 Å². The smallest absolute Gasteiger partial charge is 0.0629 e. The minimum atomic E-state index is 0.938. The van der Waals surface area contributed by atoms with E-state index in [9.17, 15) is 0 Å². The molecule has 0 spiro atoms. The summed E-state index contributed by atoms with van der Waals surface area (Å²) in [6.45, 7) is 4.04. The van der Waals surface area contributed by atoms with Gasteiger partial charge in [0.15, 0.2) is 0 Å². The highest BCUT2D eigenvalue weighted by molar-refractivity contribution is 9.11. The number of rotatable bonds is 4. The Hall–Kier alpha value is -0.0600. The normalized spacial score (nSPS) is 10.8. The van der Waals surface area contributed by atoms with Gasteiger partial charge in [0, 0.05) is 22.0 Å². The summed E-state index contributed by atoms with van der Waals surface area (Å²) in [7, 11) is 4.14. The zero-order valence-electron chi connectivity index (χ0n) is 9.27. The molecule has 15 heavy (non-hydrogen) atoms. The molecule has 1 aromatic carbocycles. The van der Waals surface area contributed by atoms with E-state index in [-0.39, 0.29) is 0 Å². The average molecular weight is 336 g/mol. The largest absolute Gasteiger partial charge is 0.382 e. The van der Waals surface area contributed by atoms with Gasteiger partial charge in [0.1, 0.15) is 0 Å². The SMILES string of the molecule is Cc1cc(Br)c(NCCN(C)C)c(Br)c1. The summed E-state index contributed by atoms with van der Waals surface area (Å²) in [6, 6.07) is 4.23. The van der Waals surface area contributed by atoms with E-state index in [1.165, 1.54) is 5.56 Å². The topological polar surface area (TPSA) is 15.3 Å². The van der Waals surface area contributed by atoms with Crippen LogP contribution in [0.1, 0.15) is 5.56 Å². The maximum Gasteiger partial charge on any atom is 0.0629 e. The standard InChI is InChI=1S/C11H16Br2N2/c1-8-6-9(12)11(10(13)7-8)14-4-5-15(2)3/h6-7,14H,4-5H2,1-3H3. The second-order valence-electron chi connectivity index (χ2n) is 3.83. The van der Waals surface area contributed by atoms with E-state index in [4.69, 9.17) is 0 Å². The van der Waals surface area contributed by atoms with E-state index < -0.39 is 0 Å². The predicted molar refractivity (Wildman–Crippen MR) is 73.6 cm³/mol. The Balaban J connectivity index is 2.68. The van der Waals surface area contributed by atoms with Crippen molar-refractivity contribution >= 4 is 37.5 Å². The van der Waals surface area contributed by atoms with Crippen molar-refractivity contribution in [2.45, 2.75) is 6.92 Å². The number of aryl methyl sites for hydroxylation is 1. The third-order valence-electron chi connectivity index (χ3n) is 2.05. The number of nitrogens with one attached hydrogen (secondary N) is 1. The van der Waals surface area contributed by atoms with Crippen molar-refractivity contribution in [3.63, 3.8) is 0 Å². The summed E-state index contributed by atoms with van der Waals surface area (Å²) in [5, 5.41) is 3.40. The summed E-state index contributed by atoms with van der Waals surface area (Å²) < 4.78 is 2.21. The summed E-state index contributed by atoms with van der Waals surface area (Å²) >= 11 is 7.12. The van der Waals surface area contributed by atoms with Gasteiger partial charge in [0.25, 0.3) is 0 Å². The first-order valence-corrected chi connectivity index (χ1v) is 6.43. The highest BCUT2D eigenvalue weighted by atomic mass is 79.9. The molecule has 0 aliphatic rings. The van der Waals surface area contributed by atoms with Crippen LogP contribution in [0, 0.1) is 6.92 Å². The van der Waals surface area contributed by atoms with Gasteiger partial charge in [-0.05, 0) is 70.6 Å². The van der Waals surface area contributed by atoms with E-state index in [1.54, 1.807) is 0 Å². The molecule has 0 fully saturated rings. The third-order valence-corrected chi connectivity index (χ3v) is 3.30. The van der Waals surface area contributed by atoms with Gasteiger partial charge in [-0.25, -0.2) is 0 Å². The summed E-state index contributed by atoms with van der Waals surface area (Å²) in [5.41, 5.74) is 2.37. The quantitative estimate of drug-likeness (QED) is 0.906. The Kier molecular flexibility index (Phi) is 5.09. The fourth-order valence-electron chi connectivity index (χ4n) is 1.27. The minimum absolute atomic E-state index is 0.938. The van der Waals surface area contributed by atoms with Gasteiger partial charge in [0.05, 0.1) is 5.69 Å². The molecule has 1 N–H and O–H groups in total. The molecule has 0 bridgehead atoms. The lowest BCUT2D eigenvalue weighted by Crippen LogP contribution is -2.21. The van der Waals surface area contributed by atoms with Gasteiger partial charge in [-0.2, -0.15) is 0 Å². The second-order valence-corrected chi connectivity index (χ2v) is 5.54. The van der Waals surface area contributed by atoms with Gasteiger partial charge in [-0.1, -0.05) is 0 Å². The number of halogens is 2. The van der Waals surface area contributed by atoms with Crippen molar-refractivity contribution in [1.82, 2.24) is 4.90 Å². The molecule has 1 aromatic rings. The van der Waals surface area contributed by atoms with Gasteiger partial charge >= 0.3 is 0 Å². The van der Waals surface area contributed by atoms with Crippen LogP contribution < -0.4 is 5.32 Å². The van der Waals surface area contributed by atoms with E-state index in [2.05, 4.69) is 75.2 Å². The summed E-state index contributed by atoms with van der Waals surface area (Å²) in [5.74, 6) is 0. The van der Waals surface area contributed by atoms with Crippen LogP contribution in [0.25, 0.3) is 0 Å². The molecule has 0 aromatic heterocycles. The van der Waals surface area contributed by atoms with Gasteiger partial charge in [0.2, 0.25) is 0 Å².